The minimum absolute atomic E-state index is 0.161. The first kappa shape index (κ1) is 14.9. The summed E-state index contributed by atoms with van der Waals surface area (Å²) in [6.45, 7) is 6.42. The molecule has 2 aromatic rings. The molecule has 1 aliphatic heterocycles. The molecule has 3 rings (SSSR count). The summed E-state index contributed by atoms with van der Waals surface area (Å²) in [6.07, 6.45) is 4.82. The van der Waals surface area contributed by atoms with E-state index in [-0.39, 0.29) is 5.41 Å². The quantitative estimate of drug-likeness (QED) is 0.921. The van der Waals surface area contributed by atoms with E-state index in [4.69, 9.17) is 9.84 Å². The second-order valence-corrected chi connectivity index (χ2v) is 5.77. The number of nitrogens with one attached hydrogen (secondary N) is 1. The highest BCUT2D eigenvalue weighted by Gasteiger charge is 2.37. The normalized spacial score (nSPS) is 14.3. The van der Waals surface area contributed by atoms with Crippen molar-refractivity contribution in [2.75, 3.05) is 19.0 Å². The first-order chi connectivity index (χ1) is 10.7. The Balaban J connectivity index is 2.13. The van der Waals surface area contributed by atoms with E-state index in [1.165, 1.54) is 0 Å². The molecule has 22 heavy (non-hydrogen) atoms. The molecule has 0 aliphatic carbocycles. The van der Waals surface area contributed by atoms with Gasteiger partial charge in [0.15, 0.2) is 0 Å². The molecule has 0 spiro atoms. The lowest BCUT2D eigenvalue weighted by Gasteiger charge is -2.31. The van der Waals surface area contributed by atoms with E-state index in [0.29, 0.717) is 5.88 Å². The fourth-order valence-corrected chi connectivity index (χ4v) is 3.46. The Morgan fingerprint density at radius 1 is 1.36 bits per heavy atom. The maximum absolute atomic E-state index is 5.52. The van der Waals surface area contributed by atoms with Crippen LogP contribution in [0, 0.1) is 0 Å². The minimum atomic E-state index is -0.161. The van der Waals surface area contributed by atoms with Gasteiger partial charge in [0.1, 0.15) is 5.82 Å². The van der Waals surface area contributed by atoms with Gasteiger partial charge in [0.25, 0.3) is 0 Å². The summed E-state index contributed by atoms with van der Waals surface area (Å²) >= 11 is 0. The van der Waals surface area contributed by atoms with Gasteiger partial charge in [0, 0.05) is 36.3 Å². The number of aryl methyl sites for hydroxylation is 1. The molecule has 1 aliphatic rings. The molecule has 0 unspecified atom stereocenters. The zero-order chi connectivity index (χ0) is 15.6. The van der Waals surface area contributed by atoms with Gasteiger partial charge in [0.2, 0.25) is 5.88 Å². The number of rotatable bonds is 5. The lowest BCUT2D eigenvalue weighted by molar-refractivity contribution is 0.366. The highest BCUT2D eigenvalue weighted by molar-refractivity contribution is 5.47. The summed E-state index contributed by atoms with van der Waals surface area (Å²) in [5, 5.41) is 8.32. The number of fused-ring (bicyclic) bond motifs is 1. The van der Waals surface area contributed by atoms with Gasteiger partial charge in [-0.05, 0) is 25.3 Å². The minimum Gasteiger partial charge on any atom is -0.481 e. The van der Waals surface area contributed by atoms with Crippen LogP contribution < -0.4 is 10.1 Å². The Morgan fingerprint density at radius 2 is 2.18 bits per heavy atom. The van der Waals surface area contributed by atoms with Gasteiger partial charge in [-0.1, -0.05) is 19.9 Å². The summed E-state index contributed by atoms with van der Waals surface area (Å²) in [6, 6.07) is 6.29. The molecule has 5 heteroatoms. The average molecular weight is 300 g/mol. The lowest BCUT2D eigenvalue weighted by atomic mass is 9.73. The zero-order valence-corrected chi connectivity index (χ0v) is 13.6. The van der Waals surface area contributed by atoms with Crippen LogP contribution in [0.5, 0.6) is 5.88 Å². The number of pyridine rings is 1. The van der Waals surface area contributed by atoms with Crippen LogP contribution in [0.2, 0.25) is 0 Å². The van der Waals surface area contributed by atoms with Gasteiger partial charge in [0.05, 0.1) is 12.8 Å². The molecule has 0 saturated carbocycles. The number of hydrogen-bond donors (Lipinski definition) is 1. The van der Waals surface area contributed by atoms with Crippen LogP contribution in [0.25, 0.3) is 0 Å². The van der Waals surface area contributed by atoms with Crippen molar-refractivity contribution in [1.82, 2.24) is 14.8 Å². The number of ether oxygens (including phenoxy) is 1. The third-order valence-corrected chi connectivity index (χ3v) is 4.81. The molecular formula is C17H24N4O. The van der Waals surface area contributed by atoms with E-state index < -0.39 is 0 Å². The predicted molar refractivity (Wildman–Crippen MR) is 87.5 cm³/mol. The fraction of sp³-hybridized carbons (Fsp3) is 0.529. The molecule has 0 amide bonds. The van der Waals surface area contributed by atoms with Crippen molar-refractivity contribution in [2.45, 2.75) is 45.1 Å². The predicted octanol–water partition coefficient (Wildman–Crippen LogP) is 3.21. The summed E-state index contributed by atoms with van der Waals surface area (Å²) in [5.41, 5.74) is 2.07. The standard InChI is InChI=1S/C17H24N4O/c1-4-17(5-2,13-8-6-9-19-16(13)22-3)14-12-15-18-10-7-11-21(15)20-14/h6,8-9,12,18H,4-5,7,10-11H2,1-3H3. The smallest absolute Gasteiger partial charge is 0.217 e. The summed E-state index contributed by atoms with van der Waals surface area (Å²) in [4.78, 5) is 4.39. The Hall–Kier alpha value is -2.04. The number of aromatic nitrogens is 3. The molecule has 2 aromatic heterocycles. The van der Waals surface area contributed by atoms with Gasteiger partial charge < -0.3 is 10.1 Å². The van der Waals surface area contributed by atoms with Crippen molar-refractivity contribution in [2.24, 2.45) is 0 Å². The van der Waals surface area contributed by atoms with Gasteiger partial charge >= 0.3 is 0 Å². The van der Waals surface area contributed by atoms with Crippen molar-refractivity contribution < 1.29 is 4.74 Å². The lowest BCUT2D eigenvalue weighted by Crippen LogP contribution is -2.28. The third-order valence-electron chi connectivity index (χ3n) is 4.81. The summed E-state index contributed by atoms with van der Waals surface area (Å²) in [7, 11) is 1.68. The zero-order valence-electron chi connectivity index (χ0n) is 13.6. The van der Waals surface area contributed by atoms with Crippen molar-refractivity contribution >= 4 is 5.82 Å². The third kappa shape index (κ3) is 2.25. The van der Waals surface area contributed by atoms with E-state index in [9.17, 15) is 0 Å². The summed E-state index contributed by atoms with van der Waals surface area (Å²) in [5.74, 6) is 1.82. The maximum Gasteiger partial charge on any atom is 0.217 e. The molecule has 0 radical (unpaired) electrons. The van der Waals surface area contributed by atoms with Gasteiger partial charge in [-0.3, -0.25) is 0 Å². The highest BCUT2D eigenvalue weighted by atomic mass is 16.5. The highest BCUT2D eigenvalue weighted by Crippen LogP contribution is 2.42. The van der Waals surface area contributed by atoms with Crippen molar-refractivity contribution in [3.8, 4) is 5.88 Å². The number of methoxy groups -OCH3 is 1. The molecule has 118 valence electrons. The van der Waals surface area contributed by atoms with E-state index in [2.05, 4.69) is 41.0 Å². The second-order valence-electron chi connectivity index (χ2n) is 5.77. The van der Waals surface area contributed by atoms with Crippen LogP contribution in [-0.2, 0) is 12.0 Å². The van der Waals surface area contributed by atoms with E-state index in [1.54, 1.807) is 13.3 Å². The van der Waals surface area contributed by atoms with Gasteiger partial charge in [-0.2, -0.15) is 5.10 Å². The van der Waals surface area contributed by atoms with Crippen molar-refractivity contribution in [3.05, 3.63) is 35.7 Å². The first-order valence-electron chi connectivity index (χ1n) is 8.07. The molecule has 0 aromatic carbocycles. The molecule has 5 nitrogen and oxygen atoms in total. The number of hydrogen-bond acceptors (Lipinski definition) is 4. The van der Waals surface area contributed by atoms with Crippen LogP contribution in [0.15, 0.2) is 24.4 Å². The van der Waals surface area contributed by atoms with E-state index in [1.807, 2.05) is 6.07 Å². The average Bonchev–Trinajstić information content (AvgIpc) is 3.01. The van der Waals surface area contributed by atoms with Crippen LogP contribution in [0.4, 0.5) is 5.82 Å². The number of anilines is 1. The Morgan fingerprint density at radius 3 is 2.86 bits per heavy atom. The first-order valence-corrected chi connectivity index (χ1v) is 8.07. The largest absolute Gasteiger partial charge is 0.481 e. The second kappa shape index (κ2) is 5.99. The number of nitrogens with zero attached hydrogens (tertiary/aromatic N) is 3. The van der Waals surface area contributed by atoms with Gasteiger partial charge in [-0.15, -0.1) is 0 Å². The topological polar surface area (TPSA) is 52.0 Å². The Kier molecular flexibility index (Phi) is 4.05. The van der Waals surface area contributed by atoms with Crippen molar-refractivity contribution in [3.63, 3.8) is 0 Å². The molecule has 0 saturated heterocycles. The van der Waals surface area contributed by atoms with Crippen LogP contribution in [0.1, 0.15) is 44.4 Å². The monoisotopic (exact) mass is 300 g/mol. The molecular weight excluding hydrogens is 276 g/mol. The molecule has 3 heterocycles. The Labute approximate surface area is 131 Å². The van der Waals surface area contributed by atoms with Crippen LogP contribution in [0.3, 0.4) is 0 Å². The van der Waals surface area contributed by atoms with Crippen LogP contribution >= 0.6 is 0 Å². The van der Waals surface area contributed by atoms with Gasteiger partial charge in [-0.25, -0.2) is 9.67 Å². The molecule has 0 fully saturated rings. The van der Waals surface area contributed by atoms with E-state index in [0.717, 1.165) is 49.4 Å². The SMILES string of the molecule is CCC(CC)(c1cc2n(n1)CCCN2)c1cccnc1OC. The van der Waals surface area contributed by atoms with E-state index >= 15 is 0 Å². The van der Waals surface area contributed by atoms with Crippen LogP contribution in [-0.4, -0.2) is 28.4 Å². The molecule has 0 atom stereocenters. The molecule has 1 N–H and O–H groups in total. The maximum atomic E-state index is 5.52. The fourth-order valence-electron chi connectivity index (χ4n) is 3.46. The molecule has 0 bridgehead atoms. The van der Waals surface area contributed by atoms with Crippen molar-refractivity contribution in [1.29, 1.82) is 0 Å². The summed E-state index contributed by atoms with van der Waals surface area (Å²) < 4.78 is 7.60. The Bertz CT molecular complexity index is 622.